The Morgan fingerprint density at radius 1 is 1.00 bits per heavy atom. The van der Waals surface area contributed by atoms with Crippen LogP contribution in [0.5, 0.6) is 11.5 Å². The number of carbonyl (C=O) groups excluding carboxylic acids is 1. The van der Waals surface area contributed by atoms with Crippen LogP contribution in [0.3, 0.4) is 0 Å². The van der Waals surface area contributed by atoms with Crippen LogP contribution in [0, 0.1) is 0 Å². The first-order valence-corrected chi connectivity index (χ1v) is 12.0. The maximum absolute atomic E-state index is 13.4. The van der Waals surface area contributed by atoms with Gasteiger partial charge in [-0.3, -0.25) is 0 Å². The molecular weight excluding hydrogens is 492 g/mol. The first kappa shape index (κ1) is 24.4. The molecule has 0 saturated heterocycles. The van der Waals surface area contributed by atoms with E-state index in [-0.39, 0.29) is 6.61 Å². The van der Waals surface area contributed by atoms with Crippen LogP contribution in [0.4, 0.5) is 5.95 Å². The molecule has 0 fully saturated rings. The van der Waals surface area contributed by atoms with Gasteiger partial charge in [-0.15, -0.1) is 0 Å². The molecule has 9 heteroatoms. The van der Waals surface area contributed by atoms with E-state index in [0.29, 0.717) is 40.3 Å². The molecule has 1 unspecified atom stereocenters. The predicted molar refractivity (Wildman–Crippen MR) is 139 cm³/mol. The van der Waals surface area contributed by atoms with Crippen molar-refractivity contribution in [3.63, 3.8) is 0 Å². The lowest BCUT2D eigenvalue weighted by Crippen LogP contribution is -2.29. The molecule has 2 heterocycles. The molecule has 8 nitrogen and oxygen atoms in total. The standard InChI is InChI=1S/C28H25ClN4O4/c1-18-25(27(34)37-16-19-6-4-3-5-7-19)26(33-28(32-18)30-17-31-33)21-10-13-23(24(14-21)35-2)36-15-20-8-11-22(29)12-9-20/h3-14,17,26H,15-16H2,1-2H3,(H,30,31,32). The first-order valence-electron chi connectivity index (χ1n) is 11.7. The molecule has 0 radical (unpaired) electrons. The molecule has 1 aromatic heterocycles. The number of hydrogen-bond acceptors (Lipinski definition) is 7. The SMILES string of the molecule is COc1cc(C2C(C(=O)OCc3ccccc3)=C(C)Nc3ncnn32)ccc1OCc1ccc(Cl)cc1. The van der Waals surface area contributed by atoms with Crippen molar-refractivity contribution < 1.29 is 19.0 Å². The number of hydrogen-bond donors (Lipinski definition) is 1. The molecule has 3 aromatic carbocycles. The second kappa shape index (κ2) is 10.8. The highest BCUT2D eigenvalue weighted by atomic mass is 35.5. The summed E-state index contributed by atoms with van der Waals surface area (Å²) in [4.78, 5) is 17.6. The minimum atomic E-state index is -0.568. The highest BCUT2D eigenvalue weighted by molar-refractivity contribution is 6.30. The molecule has 0 bridgehead atoms. The zero-order chi connectivity index (χ0) is 25.8. The number of ether oxygens (including phenoxy) is 3. The van der Waals surface area contributed by atoms with E-state index in [4.69, 9.17) is 25.8 Å². The molecule has 0 aliphatic carbocycles. The van der Waals surface area contributed by atoms with Crippen molar-refractivity contribution in [2.45, 2.75) is 26.2 Å². The summed E-state index contributed by atoms with van der Waals surface area (Å²) in [5, 5.41) is 8.20. The minimum absolute atomic E-state index is 0.161. The summed E-state index contributed by atoms with van der Waals surface area (Å²) in [6, 6.07) is 22.0. The third kappa shape index (κ3) is 5.29. The van der Waals surface area contributed by atoms with Crippen molar-refractivity contribution in [2.24, 2.45) is 0 Å². The maximum Gasteiger partial charge on any atom is 0.338 e. The molecule has 5 rings (SSSR count). The Morgan fingerprint density at radius 2 is 1.76 bits per heavy atom. The van der Waals surface area contributed by atoms with Crippen molar-refractivity contribution in [3.8, 4) is 11.5 Å². The second-order valence-corrected chi connectivity index (χ2v) is 8.92. The Balaban J connectivity index is 1.43. The summed E-state index contributed by atoms with van der Waals surface area (Å²) < 4.78 is 19.0. The quantitative estimate of drug-likeness (QED) is 0.307. The molecule has 188 valence electrons. The number of fused-ring (bicyclic) bond motifs is 1. The fraction of sp³-hybridized carbons (Fsp3) is 0.179. The largest absolute Gasteiger partial charge is 0.493 e. The number of methoxy groups -OCH3 is 1. The monoisotopic (exact) mass is 516 g/mol. The third-order valence-corrected chi connectivity index (χ3v) is 6.29. The van der Waals surface area contributed by atoms with Crippen LogP contribution in [0.2, 0.25) is 5.02 Å². The number of halogens is 1. The van der Waals surface area contributed by atoms with E-state index >= 15 is 0 Å². The molecule has 1 aliphatic rings. The van der Waals surface area contributed by atoms with Crippen LogP contribution < -0.4 is 14.8 Å². The average molecular weight is 517 g/mol. The van der Waals surface area contributed by atoms with E-state index in [1.165, 1.54) is 6.33 Å². The van der Waals surface area contributed by atoms with Gasteiger partial charge in [0.1, 0.15) is 25.6 Å². The highest BCUT2D eigenvalue weighted by Gasteiger charge is 2.35. The van der Waals surface area contributed by atoms with Crippen LogP contribution in [0.1, 0.15) is 29.7 Å². The topological polar surface area (TPSA) is 87.5 Å². The van der Waals surface area contributed by atoms with E-state index < -0.39 is 12.0 Å². The number of nitrogens with one attached hydrogen (secondary N) is 1. The van der Waals surface area contributed by atoms with Gasteiger partial charge in [-0.05, 0) is 47.9 Å². The second-order valence-electron chi connectivity index (χ2n) is 8.48. The molecule has 0 saturated carbocycles. The Morgan fingerprint density at radius 3 is 2.51 bits per heavy atom. The smallest absolute Gasteiger partial charge is 0.338 e. The summed E-state index contributed by atoms with van der Waals surface area (Å²) in [6.45, 7) is 2.34. The van der Waals surface area contributed by atoms with Crippen molar-refractivity contribution >= 4 is 23.5 Å². The molecule has 0 spiro atoms. The lowest BCUT2D eigenvalue weighted by atomic mass is 9.95. The zero-order valence-electron chi connectivity index (χ0n) is 20.3. The number of esters is 1. The van der Waals surface area contributed by atoms with Crippen LogP contribution in [-0.2, 0) is 22.7 Å². The summed E-state index contributed by atoms with van der Waals surface area (Å²) in [6.07, 6.45) is 1.45. The Labute approximate surface area is 219 Å². The van der Waals surface area contributed by atoms with E-state index in [1.807, 2.05) is 79.7 Å². The zero-order valence-corrected chi connectivity index (χ0v) is 21.1. The Bertz CT molecular complexity index is 1430. The highest BCUT2D eigenvalue weighted by Crippen LogP contribution is 2.39. The van der Waals surface area contributed by atoms with Crippen LogP contribution >= 0.6 is 11.6 Å². The van der Waals surface area contributed by atoms with Gasteiger partial charge >= 0.3 is 5.97 Å². The maximum atomic E-state index is 13.4. The number of anilines is 1. The van der Waals surface area contributed by atoms with Gasteiger partial charge in [-0.1, -0.05) is 60.1 Å². The van der Waals surface area contributed by atoms with Crippen molar-refractivity contribution in [3.05, 3.63) is 112 Å². The number of benzene rings is 3. The number of rotatable bonds is 8. The van der Waals surface area contributed by atoms with Crippen LogP contribution in [-0.4, -0.2) is 27.8 Å². The summed E-state index contributed by atoms with van der Waals surface area (Å²) in [7, 11) is 1.58. The Kier molecular flexibility index (Phi) is 7.09. The number of aromatic nitrogens is 3. The molecule has 4 aromatic rings. The van der Waals surface area contributed by atoms with Crippen LogP contribution in [0.25, 0.3) is 0 Å². The van der Waals surface area contributed by atoms with Gasteiger partial charge in [-0.25, -0.2) is 9.48 Å². The molecule has 0 amide bonds. The normalized spacial score (nSPS) is 14.5. The van der Waals surface area contributed by atoms with Gasteiger partial charge in [0.2, 0.25) is 5.95 Å². The summed E-state index contributed by atoms with van der Waals surface area (Å²) in [5.41, 5.74) is 3.73. The predicted octanol–water partition coefficient (Wildman–Crippen LogP) is 5.55. The summed E-state index contributed by atoms with van der Waals surface area (Å²) >= 11 is 5.98. The lowest BCUT2D eigenvalue weighted by molar-refractivity contribution is -0.140. The average Bonchev–Trinajstić information content (AvgIpc) is 3.39. The third-order valence-electron chi connectivity index (χ3n) is 6.04. The van der Waals surface area contributed by atoms with Gasteiger partial charge in [0.15, 0.2) is 11.5 Å². The minimum Gasteiger partial charge on any atom is -0.493 e. The molecule has 1 N–H and O–H groups in total. The molecule has 37 heavy (non-hydrogen) atoms. The van der Waals surface area contributed by atoms with Gasteiger partial charge < -0.3 is 19.5 Å². The fourth-order valence-electron chi connectivity index (χ4n) is 4.18. The van der Waals surface area contributed by atoms with Gasteiger partial charge in [0.05, 0.1) is 12.7 Å². The van der Waals surface area contributed by atoms with E-state index in [0.717, 1.165) is 16.7 Å². The first-order chi connectivity index (χ1) is 18.0. The summed E-state index contributed by atoms with van der Waals surface area (Å²) in [5.74, 6) is 1.19. The van der Waals surface area contributed by atoms with Gasteiger partial charge in [0.25, 0.3) is 0 Å². The Hall–Kier alpha value is -4.30. The number of nitrogens with zero attached hydrogens (tertiary/aromatic N) is 3. The van der Waals surface area contributed by atoms with E-state index in [2.05, 4.69) is 15.4 Å². The van der Waals surface area contributed by atoms with Crippen molar-refractivity contribution in [1.29, 1.82) is 0 Å². The number of carbonyl (C=O) groups is 1. The van der Waals surface area contributed by atoms with Crippen molar-refractivity contribution in [2.75, 3.05) is 12.4 Å². The van der Waals surface area contributed by atoms with Gasteiger partial charge in [0, 0.05) is 10.7 Å². The molecule has 1 atom stereocenters. The fourth-order valence-corrected chi connectivity index (χ4v) is 4.31. The van der Waals surface area contributed by atoms with Gasteiger partial charge in [-0.2, -0.15) is 10.1 Å². The molecule has 1 aliphatic heterocycles. The van der Waals surface area contributed by atoms with Crippen LogP contribution in [0.15, 0.2) is 90.4 Å². The molecular formula is C28H25ClN4O4. The van der Waals surface area contributed by atoms with E-state index in [9.17, 15) is 4.79 Å². The van der Waals surface area contributed by atoms with E-state index in [1.54, 1.807) is 11.8 Å². The number of allylic oxidation sites excluding steroid dienone is 1. The van der Waals surface area contributed by atoms with Crippen molar-refractivity contribution in [1.82, 2.24) is 14.8 Å². The lowest BCUT2D eigenvalue weighted by Gasteiger charge is -2.28.